The summed E-state index contributed by atoms with van der Waals surface area (Å²) in [7, 11) is 1.94. The zero-order chi connectivity index (χ0) is 14.4. The van der Waals surface area contributed by atoms with Crippen molar-refractivity contribution in [2.24, 2.45) is 7.05 Å². The topological polar surface area (TPSA) is 27.1 Å². The van der Waals surface area contributed by atoms with Gasteiger partial charge >= 0.3 is 0 Å². The van der Waals surface area contributed by atoms with Crippen LogP contribution in [0.25, 0.3) is 0 Å². The zero-order valence-electron chi connectivity index (χ0n) is 11.7. The largest absolute Gasteiger partial charge is 0.493 e. The number of ether oxygens (including phenoxy) is 1. The second kappa shape index (κ2) is 7.02. The van der Waals surface area contributed by atoms with E-state index in [1.54, 1.807) is 6.20 Å². The van der Waals surface area contributed by atoms with Crippen molar-refractivity contribution >= 4 is 11.6 Å². The van der Waals surface area contributed by atoms with E-state index in [-0.39, 0.29) is 0 Å². The average molecular weight is 289 g/mol. The minimum atomic E-state index is 0.349. The van der Waals surface area contributed by atoms with Crippen LogP contribution in [-0.2, 0) is 13.5 Å². The smallest absolute Gasteiger partial charge is 0.122 e. The molecule has 0 spiro atoms. The van der Waals surface area contributed by atoms with E-state index in [0.29, 0.717) is 12.5 Å². The van der Waals surface area contributed by atoms with Gasteiger partial charge in [-0.05, 0) is 36.8 Å². The molecule has 1 aromatic heterocycles. The van der Waals surface area contributed by atoms with E-state index < -0.39 is 0 Å². The predicted octanol–water partition coefficient (Wildman–Crippen LogP) is 2.94. The van der Waals surface area contributed by atoms with Crippen LogP contribution in [0.15, 0.2) is 30.5 Å². The van der Waals surface area contributed by atoms with Crippen LogP contribution in [0.1, 0.15) is 16.8 Å². The van der Waals surface area contributed by atoms with Crippen LogP contribution < -0.4 is 4.74 Å². The van der Waals surface area contributed by atoms with Gasteiger partial charge in [-0.3, -0.25) is 4.68 Å². The number of hydrogen-bond donors (Lipinski definition) is 0. The van der Waals surface area contributed by atoms with Crippen molar-refractivity contribution in [3.8, 4) is 17.6 Å². The van der Waals surface area contributed by atoms with Gasteiger partial charge in [0.2, 0.25) is 0 Å². The van der Waals surface area contributed by atoms with Gasteiger partial charge in [-0.15, -0.1) is 11.6 Å². The molecule has 0 bridgehead atoms. The molecule has 0 fully saturated rings. The zero-order valence-corrected chi connectivity index (χ0v) is 12.4. The third-order valence-corrected chi connectivity index (χ3v) is 3.15. The first kappa shape index (κ1) is 14.5. The molecule has 0 unspecified atom stereocenters. The Balaban J connectivity index is 1.95. The average Bonchev–Trinajstić information content (AvgIpc) is 2.84. The molecule has 0 saturated heterocycles. The van der Waals surface area contributed by atoms with Crippen LogP contribution >= 0.6 is 11.6 Å². The molecule has 0 radical (unpaired) electrons. The van der Waals surface area contributed by atoms with Gasteiger partial charge in [0.05, 0.1) is 12.5 Å². The molecule has 3 nitrogen and oxygen atoms in total. The van der Waals surface area contributed by atoms with Gasteiger partial charge in [-0.2, -0.15) is 5.10 Å². The number of benzene rings is 1. The molecule has 104 valence electrons. The van der Waals surface area contributed by atoms with Crippen LogP contribution in [0.4, 0.5) is 0 Å². The van der Waals surface area contributed by atoms with Gasteiger partial charge < -0.3 is 4.74 Å². The maximum atomic E-state index is 5.81. The van der Waals surface area contributed by atoms with Crippen LogP contribution in [-0.4, -0.2) is 22.3 Å². The van der Waals surface area contributed by atoms with Crippen molar-refractivity contribution in [3.63, 3.8) is 0 Å². The molecular weight excluding hydrogens is 272 g/mol. The van der Waals surface area contributed by atoms with Crippen molar-refractivity contribution in [3.05, 3.63) is 47.3 Å². The highest BCUT2D eigenvalue weighted by molar-refractivity contribution is 6.19. The second-order valence-electron chi connectivity index (χ2n) is 4.46. The summed E-state index contributed by atoms with van der Waals surface area (Å²) in [5.41, 5.74) is 3.20. The molecule has 0 atom stereocenters. The number of aryl methyl sites for hydroxylation is 2. The van der Waals surface area contributed by atoms with Crippen molar-refractivity contribution in [1.82, 2.24) is 9.78 Å². The molecule has 20 heavy (non-hydrogen) atoms. The first-order valence-corrected chi connectivity index (χ1v) is 6.99. The number of halogens is 1. The van der Waals surface area contributed by atoms with Crippen LogP contribution in [0.2, 0.25) is 0 Å². The molecule has 4 heteroatoms. The highest BCUT2D eigenvalue weighted by Gasteiger charge is 2.02. The van der Waals surface area contributed by atoms with E-state index in [0.717, 1.165) is 29.0 Å². The number of hydrogen-bond acceptors (Lipinski definition) is 2. The van der Waals surface area contributed by atoms with Crippen molar-refractivity contribution in [2.75, 3.05) is 12.5 Å². The Morgan fingerprint density at radius 1 is 1.35 bits per heavy atom. The lowest BCUT2D eigenvalue weighted by Gasteiger charge is -2.09. The van der Waals surface area contributed by atoms with E-state index in [9.17, 15) is 0 Å². The monoisotopic (exact) mass is 288 g/mol. The Bertz CT molecular complexity index is 637. The molecule has 2 aromatic rings. The lowest BCUT2D eigenvalue weighted by Crippen LogP contribution is -2.06. The van der Waals surface area contributed by atoms with Gasteiger partial charge in [0, 0.05) is 30.9 Å². The lowest BCUT2D eigenvalue weighted by atomic mass is 10.1. The highest BCUT2D eigenvalue weighted by atomic mass is 35.5. The van der Waals surface area contributed by atoms with Gasteiger partial charge in [0.15, 0.2) is 0 Å². The van der Waals surface area contributed by atoms with Gasteiger partial charge in [-0.1, -0.05) is 11.8 Å². The van der Waals surface area contributed by atoms with Gasteiger partial charge in [0.25, 0.3) is 0 Å². The fourth-order valence-electron chi connectivity index (χ4n) is 1.94. The molecule has 0 aliphatic carbocycles. The normalized spacial score (nSPS) is 9.95. The molecule has 2 rings (SSSR count). The quantitative estimate of drug-likeness (QED) is 0.639. The number of nitrogens with zero attached hydrogens (tertiary/aromatic N) is 2. The van der Waals surface area contributed by atoms with E-state index in [4.69, 9.17) is 16.3 Å². The number of alkyl halides is 1. The third kappa shape index (κ3) is 3.79. The molecule has 0 amide bonds. The van der Waals surface area contributed by atoms with Gasteiger partial charge in [0.1, 0.15) is 5.75 Å². The predicted molar refractivity (Wildman–Crippen MR) is 81.2 cm³/mol. The summed E-state index contributed by atoms with van der Waals surface area (Å²) in [6, 6.07) is 7.92. The maximum Gasteiger partial charge on any atom is 0.122 e. The standard InChI is InChI=1S/C16H17ClN2O/c1-13-12-14(4-3-9-17)5-6-16(13)20-11-8-15-7-10-18-19(15)2/h5-7,10,12H,8-9,11H2,1-2H3. The summed E-state index contributed by atoms with van der Waals surface area (Å²) in [4.78, 5) is 0. The van der Waals surface area contributed by atoms with Crippen LogP contribution in [0, 0.1) is 18.8 Å². The van der Waals surface area contributed by atoms with Crippen molar-refractivity contribution in [1.29, 1.82) is 0 Å². The Morgan fingerprint density at radius 3 is 2.85 bits per heavy atom. The molecule has 0 saturated carbocycles. The first-order valence-electron chi connectivity index (χ1n) is 6.46. The lowest BCUT2D eigenvalue weighted by molar-refractivity contribution is 0.316. The van der Waals surface area contributed by atoms with Crippen LogP contribution in [0.3, 0.4) is 0 Å². The minimum Gasteiger partial charge on any atom is -0.493 e. The van der Waals surface area contributed by atoms with Gasteiger partial charge in [-0.25, -0.2) is 0 Å². The van der Waals surface area contributed by atoms with E-state index in [1.165, 1.54) is 0 Å². The molecule has 0 N–H and O–H groups in total. The molecule has 1 aromatic carbocycles. The highest BCUT2D eigenvalue weighted by Crippen LogP contribution is 2.19. The number of aromatic nitrogens is 2. The summed E-state index contributed by atoms with van der Waals surface area (Å²) < 4.78 is 7.67. The Hall–Kier alpha value is -1.92. The van der Waals surface area contributed by atoms with Crippen LogP contribution in [0.5, 0.6) is 5.75 Å². The fourth-order valence-corrected chi connectivity index (χ4v) is 2.00. The Kier molecular flexibility index (Phi) is 5.09. The van der Waals surface area contributed by atoms with Crippen molar-refractivity contribution in [2.45, 2.75) is 13.3 Å². The summed E-state index contributed by atoms with van der Waals surface area (Å²) in [6.07, 6.45) is 2.63. The van der Waals surface area contributed by atoms with Crippen molar-refractivity contribution < 1.29 is 4.74 Å². The second-order valence-corrected chi connectivity index (χ2v) is 4.73. The summed E-state index contributed by atoms with van der Waals surface area (Å²) >= 11 is 5.55. The number of rotatable bonds is 4. The maximum absolute atomic E-state index is 5.81. The third-order valence-electron chi connectivity index (χ3n) is 3.01. The summed E-state index contributed by atoms with van der Waals surface area (Å²) in [6.45, 7) is 2.65. The molecule has 1 heterocycles. The first-order chi connectivity index (χ1) is 9.70. The Morgan fingerprint density at radius 2 is 2.20 bits per heavy atom. The molecule has 0 aliphatic heterocycles. The summed E-state index contributed by atoms with van der Waals surface area (Å²) in [5.74, 6) is 7.08. The fraction of sp³-hybridized carbons (Fsp3) is 0.312. The van der Waals surface area contributed by atoms with E-state index in [1.807, 2.05) is 42.9 Å². The minimum absolute atomic E-state index is 0.349. The SMILES string of the molecule is Cc1cc(C#CCCl)ccc1OCCc1ccnn1C. The molecule has 0 aliphatic rings. The van der Waals surface area contributed by atoms with E-state index >= 15 is 0 Å². The van der Waals surface area contributed by atoms with E-state index in [2.05, 4.69) is 16.9 Å². The summed E-state index contributed by atoms with van der Waals surface area (Å²) in [5, 5.41) is 4.14. The Labute approximate surface area is 124 Å². The molecular formula is C16H17ClN2O.